The molecule has 54 heavy (non-hydrogen) atoms. The minimum Gasteiger partial charge on any atom is -0.236 e. The molecule has 0 saturated carbocycles. The minimum absolute atomic E-state index is 0.0907. The Hall–Kier alpha value is -6.35. The highest BCUT2D eigenvalue weighted by Crippen LogP contribution is 2.51. The number of benzene rings is 9. The van der Waals surface area contributed by atoms with Crippen molar-refractivity contribution in [2.75, 3.05) is 0 Å². The minimum atomic E-state index is -0.0907. The molecule has 0 radical (unpaired) electrons. The second-order valence-corrected chi connectivity index (χ2v) is 16.1. The van der Waals surface area contributed by atoms with Gasteiger partial charge in [-0.3, -0.25) is 0 Å². The summed E-state index contributed by atoms with van der Waals surface area (Å²) in [5.41, 5.74) is 15.1. The molecule has 10 aromatic rings. The maximum absolute atomic E-state index is 4.96. The highest BCUT2D eigenvalue weighted by Gasteiger charge is 2.35. The molecule has 0 atom stereocenters. The first-order valence-corrected chi connectivity index (χ1v) is 19.5. The first-order chi connectivity index (χ1) is 26.5. The maximum Gasteiger partial charge on any atom is 0.124 e. The van der Waals surface area contributed by atoms with Crippen molar-refractivity contribution in [2.24, 2.45) is 0 Å². The molecule has 0 amide bonds. The number of hydrogen-bond donors (Lipinski definition) is 0. The fourth-order valence-electron chi connectivity index (χ4n) is 9.08. The summed E-state index contributed by atoms with van der Waals surface area (Å²) in [6.45, 7) is 4.74. The van der Waals surface area contributed by atoms with Crippen LogP contribution in [0, 0.1) is 0 Å². The topological polar surface area (TPSA) is 12.9 Å². The molecule has 2 heteroatoms. The Morgan fingerprint density at radius 2 is 1.00 bits per heavy atom. The predicted molar refractivity (Wildman–Crippen MR) is 231 cm³/mol. The summed E-state index contributed by atoms with van der Waals surface area (Å²) in [7, 11) is 0. The molecule has 11 rings (SSSR count). The largest absolute Gasteiger partial charge is 0.236 e. The Morgan fingerprint density at radius 3 is 1.83 bits per heavy atom. The van der Waals surface area contributed by atoms with Crippen molar-refractivity contribution in [3.8, 4) is 55.1 Å². The lowest BCUT2D eigenvalue weighted by Crippen LogP contribution is -2.14. The lowest BCUT2D eigenvalue weighted by atomic mass is 9.80. The van der Waals surface area contributed by atoms with Crippen LogP contribution in [0.4, 0.5) is 0 Å². The van der Waals surface area contributed by atoms with E-state index in [1.54, 1.807) is 11.3 Å². The van der Waals surface area contributed by atoms with E-state index < -0.39 is 0 Å². The van der Waals surface area contributed by atoms with E-state index in [1.807, 2.05) is 0 Å². The maximum atomic E-state index is 4.96. The van der Waals surface area contributed by atoms with E-state index in [0.717, 1.165) is 16.1 Å². The van der Waals surface area contributed by atoms with Gasteiger partial charge in [0, 0.05) is 11.0 Å². The van der Waals surface area contributed by atoms with E-state index >= 15 is 0 Å². The highest BCUT2D eigenvalue weighted by molar-refractivity contribution is 7.21. The monoisotopic (exact) mass is 705 g/mol. The standard InChI is InChI=1S/C52H35NS/c1-52(2)45-19-8-7-15-39(45)40-28-27-36(31-46(40)52)50-42-17-6-5-16-41(42)49(33-22-24-34(25-23-33)51-53-47-20-9-10-21-48(47)54-51)43-29-26-35(30-44(43)50)38-18-11-13-32-12-3-4-14-37(32)38/h3-31H,1-2H3. The third kappa shape index (κ3) is 4.67. The van der Waals surface area contributed by atoms with Gasteiger partial charge in [-0.15, -0.1) is 11.3 Å². The van der Waals surface area contributed by atoms with Gasteiger partial charge in [-0.05, 0) is 112 Å². The number of hydrogen-bond acceptors (Lipinski definition) is 2. The molecule has 1 heterocycles. The van der Waals surface area contributed by atoms with Gasteiger partial charge in [-0.25, -0.2) is 4.98 Å². The Morgan fingerprint density at radius 1 is 0.407 bits per heavy atom. The molecular formula is C52H35NS. The van der Waals surface area contributed by atoms with Crippen LogP contribution in [0.1, 0.15) is 25.0 Å². The molecule has 1 aromatic heterocycles. The summed E-state index contributed by atoms with van der Waals surface area (Å²) in [5, 5.41) is 8.61. The molecule has 1 nitrogen and oxygen atoms in total. The van der Waals surface area contributed by atoms with E-state index in [0.29, 0.717) is 0 Å². The first kappa shape index (κ1) is 31.2. The van der Waals surface area contributed by atoms with Gasteiger partial charge in [0.05, 0.1) is 10.2 Å². The normalized spacial score (nSPS) is 13.1. The van der Waals surface area contributed by atoms with Crippen molar-refractivity contribution in [2.45, 2.75) is 19.3 Å². The van der Waals surface area contributed by atoms with Crippen molar-refractivity contribution < 1.29 is 0 Å². The van der Waals surface area contributed by atoms with E-state index in [2.05, 4.69) is 190 Å². The molecule has 0 bridgehead atoms. The number of rotatable bonds is 4. The van der Waals surface area contributed by atoms with Crippen LogP contribution in [0.2, 0.25) is 0 Å². The zero-order chi connectivity index (χ0) is 36.0. The van der Waals surface area contributed by atoms with E-state index in [4.69, 9.17) is 4.98 Å². The van der Waals surface area contributed by atoms with E-state index in [-0.39, 0.29) is 5.41 Å². The lowest BCUT2D eigenvalue weighted by Gasteiger charge is -2.23. The number of nitrogens with zero attached hydrogens (tertiary/aromatic N) is 1. The molecule has 0 aliphatic heterocycles. The molecule has 0 unspecified atom stereocenters. The van der Waals surface area contributed by atoms with Crippen LogP contribution in [-0.4, -0.2) is 4.98 Å². The van der Waals surface area contributed by atoms with Crippen LogP contribution in [-0.2, 0) is 5.41 Å². The van der Waals surface area contributed by atoms with Crippen molar-refractivity contribution in [3.63, 3.8) is 0 Å². The van der Waals surface area contributed by atoms with Gasteiger partial charge in [-0.1, -0.05) is 166 Å². The summed E-state index contributed by atoms with van der Waals surface area (Å²) in [5.74, 6) is 0. The Bertz CT molecular complexity index is 3090. The average Bonchev–Trinajstić information content (AvgIpc) is 3.76. The van der Waals surface area contributed by atoms with Gasteiger partial charge < -0.3 is 0 Å². The van der Waals surface area contributed by atoms with Crippen LogP contribution < -0.4 is 0 Å². The predicted octanol–water partition coefficient (Wildman–Crippen LogP) is 14.7. The fourth-order valence-corrected chi connectivity index (χ4v) is 10.1. The third-order valence-electron chi connectivity index (χ3n) is 11.7. The van der Waals surface area contributed by atoms with Gasteiger partial charge in [0.25, 0.3) is 0 Å². The zero-order valence-corrected chi connectivity index (χ0v) is 30.9. The quantitative estimate of drug-likeness (QED) is 0.166. The van der Waals surface area contributed by atoms with Gasteiger partial charge in [0.2, 0.25) is 0 Å². The summed E-state index contributed by atoms with van der Waals surface area (Å²) in [4.78, 5) is 4.96. The average molecular weight is 706 g/mol. The molecule has 0 fully saturated rings. The molecule has 9 aromatic carbocycles. The van der Waals surface area contributed by atoms with Crippen LogP contribution in [0.5, 0.6) is 0 Å². The Kier molecular flexibility index (Phi) is 6.84. The van der Waals surface area contributed by atoms with E-state index in [1.165, 1.54) is 92.7 Å². The molecule has 1 aliphatic carbocycles. The SMILES string of the molecule is CC1(C)c2ccccc2-c2ccc(-c3c4ccccc4c(-c4ccc(-c5nc6ccccc6s5)cc4)c4ccc(-c5cccc6ccccc56)cc34)cc21. The van der Waals surface area contributed by atoms with Gasteiger partial charge in [0.15, 0.2) is 0 Å². The fraction of sp³-hybridized carbons (Fsp3) is 0.0577. The molecule has 0 saturated heterocycles. The lowest BCUT2D eigenvalue weighted by molar-refractivity contribution is 0.660. The van der Waals surface area contributed by atoms with Crippen LogP contribution in [0.25, 0.3) is 97.6 Å². The summed E-state index contributed by atoms with van der Waals surface area (Å²) in [6, 6.07) is 65.1. The second-order valence-electron chi connectivity index (χ2n) is 15.1. The number of para-hydroxylation sites is 1. The van der Waals surface area contributed by atoms with Crippen molar-refractivity contribution in [1.29, 1.82) is 0 Å². The van der Waals surface area contributed by atoms with Crippen LogP contribution in [0.3, 0.4) is 0 Å². The first-order valence-electron chi connectivity index (χ1n) is 18.7. The van der Waals surface area contributed by atoms with Crippen LogP contribution >= 0.6 is 11.3 Å². The number of fused-ring (bicyclic) bond motifs is 7. The molecule has 1 aliphatic rings. The third-order valence-corrected chi connectivity index (χ3v) is 12.8. The summed E-state index contributed by atoms with van der Waals surface area (Å²) >= 11 is 1.75. The number of aromatic nitrogens is 1. The smallest absolute Gasteiger partial charge is 0.124 e. The summed E-state index contributed by atoms with van der Waals surface area (Å²) < 4.78 is 1.21. The molecule has 0 spiro atoms. The van der Waals surface area contributed by atoms with Crippen molar-refractivity contribution in [1.82, 2.24) is 4.98 Å². The zero-order valence-electron chi connectivity index (χ0n) is 30.1. The second kappa shape index (κ2) is 11.8. The Labute approximate surface area is 318 Å². The highest BCUT2D eigenvalue weighted by atomic mass is 32.1. The van der Waals surface area contributed by atoms with Crippen LogP contribution in [0.15, 0.2) is 176 Å². The molecule has 0 N–H and O–H groups in total. The van der Waals surface area contributed by atoms with E-state index in [9.17, 15) is 0 Å². The number of thiazole rings is 1. The van der Waals surface area contributed by atoms with Gasteiger partial charge in [-0.2, -0.15) is 0 Å². The van der Waals surface area contributed by atoms with Gasteiger partial charge >= 0.3 is 0 Å². The summed E-state index contributed by atoms with van der Waals surface area (Å²) in [6.07, 6.45) is 0. The van der Waals surface area contributed by atoms with Crippen molar-refractivity contribution >= 4 is 53.9 Å². The van der Waals surface area contributed by atoms with Crippen molar-refractivity contribution in [3.05, 3.63) is 187 Å². The van der Waals surface area contributed by atoms with Gasteiger partial charge in [0.1, 0.15) is 5.01 Å². The molecule has 254 valence electrons. The molecular weight excluding hydrogens is 671 g/mol. The Balaban J connectivity index is 1.17.